The van der Waals surface area contributed by atoms with E-state index in [1.807, 2.05) is 36.4 Å². The van der Waals surface area contributed by atoms with Crippen LogP contribution in [0.4, 0.5) is 0 Å². The third kappa shape index (κ3) is 5.38. The Bertz CT molecular complexity index is 1360. The van der Waals surface area contributed by atoms with Crippen molar-refractivity contribution in [3.05, 3.63) is 106 Å². The first kappa shape index (κ1) is 28.6. The number of carbonyl (C=O) groups excluding carboxylic acids is 2. The number of fused-ring (bicyclic) bond motifs is 4. The van der Waals surface area contributed by atoms with Gasteiger partial charge >= 0.3 is 5.97 Å². The Morgan fingerprint density at radius 1 is 0.881 bits per heavy atom. The molecule has 6 nitrogen and oxygen atoms in total. The summed E-state index contributed by atoms with van der Waals surface area (Å²) in [5.41, 5.74) is 4.66. The maximum atomic E-state index is 13.8. The number of esters is 1. The van der Waals surface area contributed by atoms with E-state index >= 15 is 0 Å². The minimum Gasteiger partial charge on any atom is -0.453 e. The maximum absolute atomic E-state index is 13.8. The molecule has 3 fully saturated rings. The van der Waals surface area contributed by atoms with Gasteiger partial charge in [-0.3, -0.25) is 4.79 Å². The maximum Gasteiger partial charge on any atom is 0.348 e. The number of rotatable bonds is 9. The van der Waals surface area contributed by atoms with Crippen LogP contribution in [0.25, 0.3) is 0 Å². The normalized spacial score (nSPS) is 23.4. The second-order valence-electron chi connectivity index (χ2n) is 12.6. The first-order valence-electron chi connectivity index (χ1n) is 15.7. The average molecular weight is 568 g/mol. The molecule has 1 atom stereocenters. The van der Waals surface area contributed by atoms with Crippen LogP contribution in [0, 0.1) is 5.92 Å². The lowest BCUT2D eigenvalue weighted by Gasteiger charge is -2.51. The second-order valence-corrected chi connectivity index (χ2v) is 12.6. The topological polar surface area (TPSA) is 75.6 Å². The Kier molecular flexibility index (Phi) is 7.95. The van der Waals surface area contributed by atoms with Crippen molar-refractivity contribution in [3.8, 4) is 0 Å². The predicted molar refractivity (Wildman–Crippen MR) is 163 cm³/mol. The Labute approximate surface area is 249 Å². The van der Waals surface area contributed by atoms with Crippen LogP contribution in [0.15, 0.2) is 72.8 Å². The van der Waals surface area contributed by atoms with Gasteiger partial charge in [0.2, 0.25) is 5.60 Å². The molecule has 0 radical (unpaired) electrons. The molecule has 3 saturated heterocycles. The first-order valence-corrected chi connectivity index (χ1v) is 15.7. The van der Waals surface area contributed by atoms with Gasteiger partial charge in [0.05, 0.1) is 13.1 Å². The van der Waals surface area contributed by atoms with Gasteiger partial charge in [0.1, 0.15) is 6.54 Å². The molecule has 0 aromatic heterocycles. The number of quaternary nitrogens is 1. The summed E-state index contributed by atoms with van der Waals surface area (Å²) in [6.45, 7) is 7.25. The summed E-state index contributed by atoms with van der Waals surface area (Å²) in [5, 5.41) is 15.2. The van der Waals surface area contributed by atoms with Crippen LogP contribution in [0.3, 0.4) is 0 Å². The Balaban J connectivity index is 1.13. The number of amides is 1. The molecule has 0 unspecified atom stereocenters. The molecule has 2 bridgehead atoms. The number of nitrogens with one attached hydrogen (secondary N) is 1. The lowest BCUT2D eigenvalue weighted by atomic mass is 9.82. The van der Waals surface area contributed by atoms with E-state index in [0.29, 0.717) is 28.7 Å². The van der Waals surface area contributed by atoms with Gasteiger partial charge in [0.15, 0.2) is 12.6 Å². The summed E-state index contributed by atoms with van der Waals surface area (Å²) in [4.78, 5) is 27.2. The zero-order valence-corrected chi connectivity index (χ0v) is 24.9. The molecule has 0 spiro atoms. The zero-order chi connectivity index (χ0) is 29.3. The minimum atomic E-state index is -1.90. The van der Waals surface area contributed by atoms with Crippen molar-refractivity contribution in [2.45, 2.75) is 70.1 Å². The van der Waals surface area contributed by atoms with Gasteiger partial charge in [-0.25, -0.2) is 4.79 Å². The van der Waals surface area contributed by atoms with E-state index in [2.05, 4.69) is 31.3 Å². The van der Waals surface area contributed by atoms with Crippen molar-refractivity contribution < 1.29 is 23.9 Å². The molecular weight excluding hydrogens is 524 g/mol. The van der Waals surface area contributed by atoms with E-state index in [0.717, 1.165) is 51.6 Å². The minimum absolute atomic E-state index is 0.0785. The third-order valence-corrected chi connectivity index (χ3v) is 10.0. The summed E-state index contributed by atoms with van der Waals surface area (Å²) in [5.74, 6) is -0.324. The summed E-state index contributed by atoms with van der Waals surface area (Å²) in [6, 6.07) is 22.9. The van der Waals surface area contributed by atoms with Gasteiger partial charge in [0.25, 0.3) is 5.91 Å². The molecule has 3 aromatic carbocycles. The quantitative estimate of drug-likeness (QED) is 0.295. The van der Waals surface area contributed by atoms with E-state index in [1.54, 1.807) is 24.3 Å². The van der Waals surface area contributed by atoms with E-state index in [1.165, 1.54) is 22.3 Å². The van der Waals surface area contributed by atoms with Gasteiger partial charge in [-0.05, 0) is 59.1 Å². The molecule has 0 saturated carbocycles. The SMILES string of the molecule is CCc1cc2c(cc1CC)CC(NC(=O)C[N+]13CCC(CC1)[C@@H](OC(=O)C(O)(c1ccccc1)c1ccccc1)C3)C2. The van der Waals surface area contributed by atoms with Crippen LogP contribution in [0.1, 0.15) is 60.1 Å². The molecule has 4 aliphatic rings. The highest BCUT2D eigenvalue weighted by molar-refractivity contribution is 5.85. The lowest BCUT2D eigenvalue weighted by molar-refractivity contribution is -0.939. The van der Waals surface area contributed by atoms with Crippen LogP contribution >= 0.6 is 0 Å². The number of ether oxygens (including phenoxy) is 1. The molecule has 42 heavy (non-hydrogen) atoms. The standard InChI is InChI=1S/C36H42N2O4/c1-3-25-19-28-21-32(22-29(28)20-26(25)4-2)37-34(39)24-38-17-15-27(16-18-38)33(23-38)42-35(40)36(41,30-11-7-5-8-12-30)31-13-9-6-10-14-31/h5-14,19-20,27,32-33,41H,3-4,15-18,21-24H2,1-2H3/p+1/t27?,33-,38?/m0/s1. The number of piperidine rings is 3. The summed E-state index contributed by atoms with van der Waals surface area (Å²) < 4.78 is 6.82. The fourth-order valence-electron chi connectivity index (χ4n) is 7.67. The third-order valence-electron chi connectivity index (χ3n) is 10.0. The molecule has 3 aliphatic heterocycles. The van der Waals surface area contributed by atoms with E-state index in [9.17, 15) is 14.7 Å². The lowest BCUT2D eigenvalue weighted by Crippen LogP contribution is -2.67. The molecule has 220 valence electrons. The van der Waals surface area contributed by atoms with Crippen molar-refractivity contribution in [2.24, 2.45) is 5.92 Å². The Hall–Kier alpha value is -3.48. The van der Waals surface area contributed by atoms with E-state index in [4.69, 9.17) is 4.74 Å². The highest BCUT2D eigenvalue weighted by atomic mass is 16.6. The number of aryl methyl sites for hydroxylation is 2. The highest BCUT2D eigenvalue weighted by Crippen LogP contribution is 2.38. The largest absolute Gasteiger partial charge is 0.453 e. The van der Waals surface area contributed by atoms with E-state index < -0.39 is 11.6 Å². The predicted octanol–water partition coefficient (Wildman–Crippen LogP) is 4.48. The molecule has 3 aromatic rings. The number of hydrogen-bond donors (Lipinski definition) is 2. The summed E-state index contributed by atoms with van der Waals surface area (Å²) >= 11 is 0. The summed E-state index contributed by atoms with van der Waals surface area (Å²) in [6.07, 6.45) is 5.34. The van der Waals surface area contributed by atoms with Gasteiger partial charge < -0.3 is 19.6 Å². The van der Waals surface area contributed by atoms with Crippen LogP contribution in [-0.2, 0) is 45.6 Å². The molecule has 3 heterocycles. The molecular formula is C36H43N2O4+. The molecule has 1 aliphatic carbocycles. The van der Waals surface area contributed by atoms with Crippen molar-refractivity contribution in [2.75, 3.05) is 26.2 Å². The fourth-order valence-corrected chi connectivity index (χ4v) is 7.67. The van der Waals surface area contributed by atoms with Crippen LogP contribution in [0.5, 0.6) is 0 Å². The zero-order valence-electron chi connectivity index (χ0n) is 24.9. The molecule has 6 heteroatoms. The molecule has 1 amide bonds. The van der Waals surface area contributed by atoms with Crippen molar-refractivity contribution in [1.82, 2.24) is 5.32 Å². The first-order chi connectivity index (χ1) is 20.3. The molecule has 7 rings (SSSR count). The smallest absolute Gasteiger partial charge is 0.348 e. The van der Waals surface area contributed by atoms with Gasteiger partial charge in [-0.15, -0.1) is 0 Å². The van der Waals surface area contributed by atoms with Gasteiger partial charge in [-0.2, -0.15) is 0 Å². The number of nitrogens with zero attached hydrogens (tertiary/aromatic N) is 1. The van der Waals surface area contributed by atoms with Crippen LogP contribution < -0.4 is 5.32 Å². The Morgan fingerprint density at radius 3 is 1.90 bits per heavy atom. The van der Waals surface area contributed by atoms with Crippen LogP contribution in [0.2, 0.25) is 0 Å². The summed E-state index contributed by atoms with van der Waals surface area (Å²) in [7, 11) is 0. The average Bonchev–Trinajstić information content (AvgIpc) is 3.41. The molecule has 2 N–H and O–H groups in total. The van der Waals surface area contributed by atoms with Crippen molar-refractivity contribution >= 4 is 11.9 Å². The number of hydrogen-bond acceptors (Lipinski definition) is 4. The highest BCUT2D eigenvalue weighted by Gasteiger charge is 2.51. The fraction of sp³-hybridized carbons (Fsp3) is 0.444. The number of carbonyl (C=O) groups is 2. The Morgan fingerprint density at radius 2 is 1.40 bits per heavy atom. The van der Waals surface area contributed by atoms with E-state index in [-0.39, 0.29) is 24.0 Å². The van der Waals surface area contributed by atoms with Crippen LogP contribution in [-0.4, -0.2) is 59.8 Å². The van der Waals surface area contributed by atoms with Crippen molar-refractivity contribution in [3.63, 3.8) is 0 Å². The van der Waals surface area contributed by atoms with Crippen molar-refractivity contribution in [1.29, 1.82) is 0 Å². The van der Waals surface area contributed by atoms with Gasteiger partial charge in [-0.1, -0.05) is 86.6 Å². The number of aliphatic hydroxyl groups is 1. The number of benzene rings is 3. The second kappa shape index (κ2) is 11.7. The van der Waals surface area contributed by atoms with Gasteiger partial charge in [0, 0.05) is 24.8 Å². The monoisotopic (exact) mass is 567 g/mol.